The lowest BCUT2D eigenvalue weighted by Crippen LogP contribution is -2.48. The normalized spacial score (nSPS) is 16.3. The Morgan fingerprint density at radius 3 is 2.70 bits per heavy atom. The average Bonchev–Trinajstić information content (AvgIpc) is 3.09. The molecular formula is C22H22N2O3. The zero-order valence-electron chi connectivity index (χ0n) is 15.2. The zero-order valence-corrected chi connectivity index (χ0v) is 15.2. The smallest absolute Gasteiger partial charge is 0.326 e. The van der Waals surface area contributed by atoms with Crippen molar-refractivity contribution in [2.24, 2.45) is 0 Å². The zero-order chi connectivity index (χ0) is 19.0. The molecule has 3 aromatic rings. The van der Waals surface area contributed by atoms with Crippen LogP contribution in [-0.4, -0.2) is 32.9 Å². The maximum absolute atomic E-state index is 12.9. The Morgan fingerprint density at radius 1 is 1.15 bits per heavy atom. The number of H-pyrrole nitrogens is 1. The number of aryl methyl sites for hydroxylation is 2. The number of amides is 1. The molecule has 1 aromatic heterocycles. The van der Waals surface area contributed by atoms with Crippen molar-refractivity contribution in [2.75, 3.05) is 0 Å². The van der Waals surface area contributed by atoms with Gasteiger partial charge in [-0.25, -0.2) is 4.79 Å². The molecule has 2 heterocycles. The van der Waals surface area contributed by atoms with Gasteiger partial charge in [-0.05, 0) is 35.6 Å². The van der Waals surface area contributed by atoms with Crippen LogP contribution in [0.25, 0.3) is 10.9 Å². The van der Waals surface area contributed by atoms with Gasteiger partial charge in [0, 0.05) is 36.5 Å². The third-order valence-corrected chi connectivity index (χ3v) is 5.47. The van der Waals surface area contributed by atoms with Crippen LogP contribution < -0.4 is 0 Å². The molecule has 2 aromatic carbocycles. The van der Waals surface area contributed by atoms with Crippen LogP contribution in [0, 0.1) is 6.92 Å². The molecule has 1 aliphatic heterocycles. The van der Waals surface area contributed by atoms with Crippen LogP contribution >= 0.6 is 0 Å². The summed E-state index contributed by atoms with van der Waals surface area (Å²) < 4.78 is 0. The predicted octanol–water partition coefficient (Wildman–Crippen LogP) is 3.45. The summed E-state index contributed by atoms with van der Waals surface area (Å²) >= 11 is 0. The van der Waals surface area contributed by atoms with E-state index in [-0.39, 0.29) is 5.91 Å². The number of nitrogens with one attached hydrogen (secondary N) is 1. The van der Waals surface area contributed by atoms with Crippen molar-refractivity contribution in [3.05, 3.63) is 70.9 Å². The Hall–Kier alpha value is -3.08. The lowest BCUT2D eigenvalue weighted by Gasteiger charge is -2.34. The Morgan fingerprint density at radius 2 is 1.93 bits per heavy atom. The van der Waals surface area contributed by atoms with Crippen LogP contribution in [0.15, 0.2) is 48.7 Å². The van der Waals surface area contributed by atoms with Crippen molar-refractivity contribution < 1.29 is 14.7 Å². The highest BCUT2D eigenvalue weighted by atomic mass is 16.4. The van der Waals surface area contributed by atoms with Crippen molar-refractivity contribution in [3.63, 3.8) is 0 Å². The molecule has 138 valence electrons. The third kappa shape index (κ3) is 3.21. The fourth-order valence-electron chi connectivity index (χ4n) is 3.96. The van der Waals surface area contributed by atoms with Crippen LogP contribution in [-0.2, 0) is 29.0 Å². The van der Waals surface area contributed by atoms with E-state index in [1.54, 1.807) is 0 Å². The number of carbonyl (C=O) groups is 2. The molecule has 0 saturated carbocycles. The van der Waals surface area contributed by atoms with Gasteiger partial charge in [0.2, 0.25) is 5.91 Å². The van der Waals surface area contributed by atoms with Gasteiger partial charge in [-0.3, -0.25) is 4.79 Å². The van der Waals surface area contributed by atoms with Gasteiger partial charge in [0.05, 0.1) is 0 Å². The molecule has 1 aliphatic rings. The molecule has 5 nitrogen and oxygen atoms in total. The third-order valence-electron chi connectivity index (χ3n) is 5.47. The first kappa shape index (κ1) is 17.3. The van der Waals surface area contributed by atoms with Crippen LogP contribution in [0.1, 0.15) is 28.7 Å². The summed E-state index contributed by atoms with van der Waals surface area (Å²) in [5.74, 6) is -1.06. The minimum atomic E-state index is -0.944. The molecule has 0 aliphatic carbocycles. The Kier molecular flexibility index (Phi) is 4.44. The summed E-state index contributed by atoms with van der Waals surface area (Å²) in [5.41, 5.74) is 5.40. The molecule has 0 spiro atoms. The van der Waals surface area contributed by atoms with Gasteiger partial charge >= 0.3 is 5.97 Å². The van der Waals surface area contributed by atoms with Gasteiger partial charge in [-0.15, -0.1) is 0 Å². The Balaban J connectivity index is 1.53. The fraction of sp³-hybridized carbons (Fsp3) is 0.273. The summed E-state index contributed by atoms with van der Waals surface area (Å²) in [6.07, 6.45) is 3.20. The van der Waals surface area contributed by atoms with Crippen molar-refractivity contribution in [1.29, 1.82) is 0 Å². The molecule has 5 heteroatoms. The van der Waals surface area contributed by atoms with Crippen LogP contribution in [0.3, 0.4) is 0 Å². The number of benzene rings is 2. The highest BCUT2D eigenvalue weighted by Crippen LogP contribution is 2.26. The van der Waals surface area contributed by atoms with Gasteiger partial charge in [-0.2, -0.15) is 0 Å². The van der Waals surface area contributed by atoms with Gasteiger partial charge < -0.3 is 15.0 Å². The Labute approximate surface area is 157 Å². The molecule has 0 radical (unpaired) electrons. The van der Waals surface area contributed by atoms with E-state index in [0.717, 1.165) is 27.6 Å². The number of aliphatic carboxylic acids is 1. The second-order valence-corrected chi connectivity index (χ2v) is 7.16. The largest absolute Gasteiger partial charge is 0.480 e. The summed E-state index contributed by atoms with van der Waals surface area (Å²) in [4.78, 5) is 29.4. The van der Waals surface area contributed by atoms with Gasteiger partial charge in [0.15, 0.2) is 0 Å². The van der Waals surface area contributed by atoms with Gasteiger partial charge in [-0.1, -0.05) is 42.5 Å². The highest BCUT2D eigenvalue weighted by molar-refractivity contribution is 5.87. The molecule has 4 rings (SSSR count). The monoisotopic (exact) mass is 362 g/mol. The maximum atomic E-state index is 12.9. The number of hydrogen-bond donors (Lipinski definition) is 2. The van der Waals surface area contributed by atoms with Crippen molar-refractivity contribution in [3.8, 4) is 0 Å². The average molecular weight is 362 g/mol. The fourth-order valence-corrected chi connectivity index (χ4v) is 3.96. The molecule has 0 fully saturated rings. The molecule has 1 amide bonds. The molecule has 27 heavy (non-hydrogen) atoms. The van der Waals surface area contributed by atoms with E-state index >= 15 is 0 Å². The molecule has 1 unspecified atom stereocenters. The number of hydrogen-bond acceptors (Lipinski definition) is 2. The van der Waals surface area contributed by atoms with Crippen molar-refractivity contribution in [1.82, 2.24) is 9.88 Å². The standard InChI is InChI=1S/C22H22N2O3/c1-14-5-4-8-18-16(12-23-21(14)18)9-10-20(25)24-13-17-7-3-2-6-15(17)11-19(24)22(26)27/h2-8,12,19,23H,9-11,13H2,1H3,(H,26,27). The van der Waals surface area contributed by atoms with Gasteiger partial charge in [0.25, 0.3) is 0 Å². The topological polar surface area (TPSA) is 73.4 Å². The van der Waals surface area contributed by atoms with E-state index < -0.39 is 12.0 Å². The number of aromatic amines is 1. The first-order valence-electron chi connectivity index (χ1n) is 9.19. The van der Waals surface area contributed by atoms with E-state index in [0.29, 0.717) is 25.8 Å². The summed E-state index contributed by atoms with van der Waals surface area (Å²) in [6, 6.07) is 13.1. The molecule has 2 N–H and O–H groups in total. The molecule has 0 saturated heterocycles. The number of rotatable bonds is 4. The van der Waals surface area contributed by atoms with Gasteiger partial charge in [0.1, 0.15) is 6.04 Å². The minimum absolute atomic E-state index is 0.112. The van der Waals surface area contributed by atoms with Crippen LogP contribution in [0.2, 0.25) is 0 Å². The van der Waals surface area contributed by atoms with Crippen LogP contribution in [0.4, 0.5) is 0 Å². The van der Waals surface area contributed by atoms with Crippen LogP contribution in [0.5, 0.6) is 0 Å². The number of aromatic nitrogens is 1. The number of nitrogens with zero attached hydrogens (tertiary/aromatic N) is 1. The lowest BCUT2D eigenvalue weighted by atomic mass is 9.93. The minimum Gasteiger partial charge on any atom is -0.480 e. The van der Waals surface area contributed by atoms with Crippen molar-refractivity contribution in [2.45, 2.75) is 38.8 Å². The second kappa shape index (κ2) is 6.91. The number of carboxylic acids is 1. The number of carboxylic acid groups (broad SMARTS) is 1. The van der Waals surface area contributed by atoms with E-state index in [1.165, 1.54) is 10.5 Å². The van der Waals surface area contributed by atoms with E-state index in [1.807, 2.05) is 36.5 Å². The van der Waals surface area contributed by atoms with E-state index in [9.17, 15) is 14.7 Å². The maximum Gasteiger partial charge on any atom is 0.326 e. The second-order valence-electron chi connectivity index (χ2n) is 7.16. The summed E-state index contributed by atoms with van der Waals surface area (Å²) in [7, 11) is 0. The number of para-hydroxylation sites is 1. The Bertz CT molecular complexity index is 1020. The summed E-state index contributed by atoms with van der Waals surface area (Å²) in [5, 5.41) is 10.7. The summed E-state index contributed by atoms with van der Waals surface area (Å²) in [6.45, 7) is 2.41. The lowest BCUT2D eigenvalue weighted by molar-refractivity contribution is -0.151. The predicted molar refractivity (Wildman–Crippen MR) is 103 cm³/mol. The molecule has 1 atom stereocenters. The van der Waals surface area contributed by atoms with E-state index in [2.05, 4.69) is 24.0 Å². The quantitative estimate of drug-likeness (QED) is 0.747. The number of carbonyl (C=O) groups excluding carboxylic acids is 1. The number of fused-ring (bicyclic) bond motifs is 2. The molecular weight excluding hydrogens is 340 g/mol. The SMILES string of the molecule is Cc1cccc2c(CCC(=O)N3Cc4ccccc4CC3C(=O)O)c[nH]c12. The van der Waals surface area contributed by atoms with Crippen molar-refractivity contribution >= 4 is 22.8 Å². The molecule has 0 bridgehead atoms. The highest BCUT2D eigenvalue weighted by Gasteiger charge is 2.34. The first-order valence-corrected chi connectivity index (χ1v) is 9.19. The van der Waals surface area contributed by atoms with E-state index in [4.69, 9.17) is 0 Å². The first-order chi connectivity index (χ1) is 13.0.